The van der Waals surface area contributed by atoms with Gasteiger partial charge in [0.2, 0.25) is 11.8 Å². The van der Waals surface area contributed by atoms with Crippen molar-refractivity contribution < 1.29 is 14.4 Å². The number of amides is 3. The third kappa shape index (κ3) is 6.59. The number of hydrogen-bond acceptors (Lipinski definition) is 7. The molecule has 10 heteroatoms. The first-order chi connectivity index (χ1) is 18.8. The van der Waals surface area contributed by atoms with Gasteiger partial charge in [0.1, 0.15) is 21.4 Å². The van der Waals surface area contributed by atoms with E-state index in [1.54, 1.807) is 4.90 Å². The monoisotopic (exact) mass is 552 g/mol. The molecule has 210 valence electrons. The van der Waals surface area contributed by atoms with E-state index in [4.69, 9.17) is 0 Å². The molecular weight excluding hydrogens is 512 g/mol. The first-order valence-corrected chi connectivity index (χ1v) is 14.9. The van der Waals surface area contributed by atoms with Crippen molar-refractivity contribution >= 4 is 40.9 Å². The van der Waals surface area contributed by atoms with E-state index in [2.05, 4.69) is 40.8 Å². The van der Waals surface area contributed by atoms with Crippen LogP contribution < -0.4 is 16.0 Å². The van der Waals surface area contributed by atoms with E-state index >= 15 is 0 Å². The van der Waals surface area contributed by atoms with Gasteiger partial charge < -0.3 is 25.8 Å². The molecule has 3 N–H and O–H groups in total. The van der Waals surface area contributed by atoms with E-state index < -0.39 is 10.7 Å². The number of nitrogens with one attached hydrogen (secondary N) is 3. The van der Waals surface area contributed by atoms with Gasteiger partial charge in [-0.25, -0.2) is 0 Å². The minimum atomic E-state index is -0.763. The summed E-state index contributed by atoms with van der Waals surface area (Å²) >= 11 is 1.34. The highest BCUT2D eigenvalue weighted by Crippen LogP contribution is 2.56. The third-order valence-corrected chi connectivity index (χ3v) is 9.36. The fourth-order valence-electron chi connectivity index (χ4n) is 5.32. The topological polar surface area (TPSA) is 118 Å². The van der Waals surface area contributed by atoms with E-state index in [0.717, 1.165) is 38.2 Å². The lowest BCUT2D eigenvalue weighted by Crippen LogP contribution is -2.58. The molecule has 1 aliphatic carbocycles. The van der Waals surface area contributed by atoms with Crippen LogP contribution in [0.2, 0.25) is 0 Å². The number of carbonyl (C=O) groups excluding carboxylic acids is 3. The maximum atomic E-state index is 13.6. The molecule has 1 aromatic carbocycles. The van der Waals surface area contributed by atoms with E-state index in [0.29, 0.717) is 42.6 Å². The lowest BCUT2D eigenvalue weighted by molar-refractivity contribution is -0.132. The standard InChI is InChI=1S/C29H40N6O3S/c1-4-35-27(23(19-30)26(37)31-14-11-20(2)3)39-29(28(35)38)13-10-24(29)32-21-8-7-9-22(18-21)33-25(36)12-17-34-15-5-6-16-34/h7-9,18,20,24,32H,4-6,10-17H2,1-3H3,(H,31,37)(H,33,36)/b27-23-. The van der Waals surface area contributed by atoms with Crippen LogP contribution in [-0.4, -0.2) is 71.0 Å². The van der Waals surface area contributed by atoms with Crippen molar-refractivity contribution in [3.8, 4) is 6.07 Å². The maximum Gasteiger partial charge on any atom is 0.264 e. The second-order valence-electron chi connectivity index (χ2n) is 10.9. The Hall–Kier alpha value is -3.03. The Morgan fingerprint density at radius 2 is 1.97 bits per heavy atom. The zero-order chi connectivity index (χ0) is 28.0. The highest BCUT2D eigenvalue weighted by molar-refractivity contribution is 8.05. The summed E-state index contributed by atoms with van der Waals surface area (Å²) in [4.78, 5) is 42.9. The number of benzene rings is 1. The van der Waals surface area contributed by atoms with Crippen molar-refractivity contribution in [2.75, 3.05) is 43.4 Å². The van der Waals surface area contributed by atoms with Crippen LogP contribution in [0.3, 0.4) is 0 Å². The van der Waals surface area contributed by atoms with Crippen molar-refractivity contribution in [3.63, 3.8) is 0 Å². The Labute approximate surface area is 235 Å². The molecule has 0 aromatic heterocycles. The summed E-state index contributed by atoms with van der Waals surface area (Å²) in [5.74, 6) is -0.0709. The second kappa shape index (κ2) is 12.9. The Kier molecular flexibility index (Phi) is 9.57. The molecule has 1 saturated carbocycles. The third-order valence-electron chi connectivity index (χ3n) is 7.72. The van der Waals surface area contributed by atoms with Gasteiger partial charge in [0.05, 0.1) is 6.04 Å². The van der Waals surface area contributed by atoms with Crippen LogP contribution in [0.5, 0.6) is 0 Å². The Morgan fingerprint density at radius 3 is 2.62 bits per heavy atom. The van der Waals surface area contributed by atoms with Gasteiger partial charge in [-0.15, -0.1) is 0 Å². The zero-order valence-corrected chi connectivity index (χ0v) is 24.0. The van der Waals surface area contributed by atoms with E-state index in [1.807, 2.05) is 31.2 Å². The number of nitrogens with zero attached hydrogens (tertiary/aromatic N) is 3. The average molecular weight is 553 g/mol. The van der Waals surface area contributed by atoms with Crippen molar-refractivity contribution in [1.82, 2.24) is 15.1 Å². The van der Waals surface area contributed by atoms with Crippen LogP contribution in [0.1, 0.15) is 59.3 Å². The number of hydrogen-bond donors (Lipinski definition) is 3. The maximum absolute atomic E-state index is 13.6. The number of anilines is 2. The van der Waals surface area contributed by atoms with E-state index in [1.165, 1.54) is 24.6 Å². The fourth-order valence-corrected chi connectivity index (χ4v) is 6.96. The number of nitriles is 1. The van der Waals surface area contributed by atoms with Gasteiger partial charge in [-0.2, -0.15) is 5.26 Å². The molecule has 1 aromatic rings. The minimum Gasteiger partial charge on any atom is -0.380 e. The van der Waals surface area contributed by atoms with Crippen molar-refractivity contribution in [1.29, 1.82) is 5.26 Å². The quantitative estimate of drug-likeness (QED) is 0.281. The number of carbonyl (C=O) groups is 3. The molecule has 2 saturated heterocycles. The molecule has 2 unspecified atom stereocenters. The summed E-state index contributed by atoms with van der Waals surface area (Å²) < 4.78 is -0.763. The van der Waals surface area contributed by atoms with Crippen LogP contribution in [0.4, 0.5) is 11.4 Å². The highest BCUT2D eigenvalue weighted by atomic mass is 32.2. The number of thioether (sulfide) groups is 1. The van der Waals surface area contributed by atoms with Crippen LogP contribution in [-0.2, 0) is 14.4 Å². The normalized spacial score (nSPS) is 24.0. The lowest BCUT2D eigenvalue weighted by Gasteiger charge is -2.44. The summed E-state index contributed by atoms with van der Waals surface area (Å²) in [6.07, 6.45) is 5.14. The molecule has 2 heterocycles. The summed E-state index contributed by atoms with van der Waals surface area (Å²) in [7, 11) is 0. The molecule has 0 bridgehead atoms. The number of likely N-dealkylation sites (tertiary alicyclic amines) is 1. The SMILES string of the molecule is CCN1C(=O)C2(CCC2Nc2cccc(NC(=O)CCN3CCCC3)c2)S/C1=C(/C#N)C(=O)NCCC(C)C. The van der Waals surface area contributed by atoms with Crippen molar-refractivity contribution in [3.05, 3.63) is 34.9 Å². The predicted molar refractivity (Wildman–Crippen MR) is 155 cm³/mol. The minimum absolute atomic E-state index is 0.000112. The first-order valence-electron chi connectivity index (χ1n) is 14.1. The van der Waals surface area contributed by atoms with Gasteiger partial charge in [-0.3, -0.25) is 14.4 Å². The van der Waals surface area contributed by atoms with Crippen LogP contribution in [0.15, 0.2) is 34.9 Å². The summed E-state index contributed by atoms with van der Waals surface area (Å²) in [6.45, 7) is 9.80. The first kappa shape index (κ1) is 29.0. The molecule has 3 amide bonds. The molecule has 39 heavy (non-hydrogen) atoms. The van der Waals surface area contributed by atoms with Gasteiger partial charge in [-0.1, -0.05) is 31.7 Å². The van der Waals surface area contributed by atoms with Crippen molar-refractivity contribution in [2.45, 2.75) is 70.1 Å². The Balaban J connectivity index is 1.43. The molecule has 1 spiro atoms. The second-order valence-corrected chi connectivity index (χ2v) is 12.3. The van der Waals surface area contributed by atoms with E-state index in [9.17, 15) is 19.6 Å². The van der Waals surface area contributed by atoms with E-state index in [-0.39, 0.29) is 23.4 Å². The predicted octanol–water partition coefficient (Wildman–Crippen LogP) is 3.92. The lowest BCUT2D eigenvalue weighted by atomic mass is 9.77. The largest absolute Gasteiger partial charge is 0.380 e. The Morgan fingerprint density at radius 1 is 1.23 bits per heavy atom. The molecule has 3 aliphatic rings. The van der Waals surface area contributed by atoms with Gasteiger partial charge in [0, 0.05) is 37.4 Å². The van der Waals surface area contributed by atoms with Crippen molar-refractivity contribution in [2.24, 2.45) is 5.92 Å². The van der Waals surface area contributed by atoms with Crippen LogP contribution in [0, 0.1) is 17.2 Å². The summed E-state index contributed by atoms with van der Waals surface area (Å²) in [5, 5.41) is 19.6. The average Bonchev–Trinajstić information content (AvgIpc) is 3.53. The summed E-state index contributed by atoms with van der Waals surface area (Å²) in [6, 6.07) is 9.46. The Bertz CT molecular complexity index is 1160. The van der Waals surface area contributed by atoms with Gasteiger partial charge in [0.15, 0.2) is 0 Å². The molecule has 3 fully saturated rings. The van der Waals surface area contributed by atoms with Crippen LogP contribution >= 0.6 is 11.8 Å². The smallest absolute Gasteiger partial charge is 0.264 e. The van der Waals surface area contributed by atoms with Gasteiger partial charge in [0.25, 0.3) is 5.91 Å². The molecule has 0 radical (unpaired) electrons. The molecule has 2 atom stereocenters. The fraction of sp³-hybridized carbons (Fsp3) is 0.586. The molecule has 9 nitrogen and oxygen atoms in total. The van der Waals surface area contributed by atoms with Crippen LogP contribution in [0.25, 0.3) is 0 Å². The number of rotatable bonds is 11. The summed E-state index contributed by atoms with van der Waals surface area (Å²) in [5.41, 5.74) is 1.53. The molecular formula is C29H40N6O3S. The molecule has 2 aliphatic heterocycles. The van der Waals surface area contributed by atoms with Gasteiger partial charge in [-0.05, 0) is 76.2 Å². The zero-order valence-electron chi connectivity index (χ0n) is 23.2. The highest BCUT2D eigenvalue weighted by Gasteiger charge is 2.61. The van der Waals surface area contributed by atoms with Gasteiger partial charge >= 0.3 is 0 Å². The molecule has 4 rings (SSSR count).